The number of hydrogen-bond acceptors (Lipinski definition) is 5. The Morgan fingerprint density at radius 1 is 1.53 bits per heavy atom. The molecule has 0 saturated heterocycles. The standard InChI is InChI=1S/C11H9N5O2S/c1-6-8(15-9(17)7-3-2-4-19-7)10(18)16-11(14-6)12-5-13-16/h2-5H,1H3,(H,15,17)(H,12,13,14). The van der Waals surface area contributed by atoms with E-state index in [0.29, 0.717) is 10.6 Å². The Labute approximate surface area is 110 Å². The largest absolute Gasteiger partial charge is 0.315 e. The molecule has 0 aliphatic heterocycles. The van der Waals surface area contributed by atoms with E-state index in [4.69, 9.17) is 0 Å². The number of carbonyl (C=O) groups is 1. The molecule has 0 aliphatic carbocycles. The van der Waals surface area contributed by atoms with Crippen molar-refractivity contribution in [3.8, 4) is 0 Å². The number of aromatic amines is 1. The van der Waals surface area contributed by atoms with Gasteiger partial charge in [0.25, 0.3) is 17.2 Å². The second kappa shape index (κ2) is 4.32. The second-order valence-corrected chi connectivity index (χ2v) is 4.78. The summed E-state index contributed by atoms with van der Waals surface area (Å²) in [4.78, 5) is 32.7. The maximum absolute atomic E-state index is 12.2. The van der Waals surface area contributed by atoms with Crippen LogP contribution in [-0.4, -0.2) is 25.5 Å². The summed E-state index contributed by atoms with van der Waals surface area (Å²) >= 11 is 1.31. The second-order valence-electron chi connectivity index (χ2n) is 3.83. The molecule has 1 amide bonds. The van der Waals surface area contributed by atoms with Gasteiger partial charge in [-0.15, -0.1) is 11.3 Å². The van der Waals surface area contributed by atoms with E-state index >= 15 is 0 Å². The van der Waals surface area contributed by atoms with Gasteiger partial charge in [-0.25, -0.2) is 9.97 Å². The van der Waals surface area contributed by atoms with E-state index in [9.17, 15) is 9.59 Å². The fourth-order valence-corrected chi connectivity index (χ4v) is 2.31. The molecule has 8 heteroatoms. The first kappa shape index (κ1) is 11.6. The maximum atomic E-state index is 12.2. The molecule has 0 atom stereocenters. The summed E-state index contributed by atoms with van der Waals surface area (Å²) in [6.07, 6.45) is 1.37. The predicted molar refractivity (Wildman–Crippen MR) is 70.6 cm³/mol. The van der Waals surface area contributed by atoms with Gasteiger partial charge < -0.3 is 5.32 Å². The number of carbonyl (C=O) groups excluding carboxylic acids is 1. The Morgan fingerprint density at radius 3 is 3.11 bits per heavy atom. The summed E-state index contributed by atoms with van der Waals surface area (Å²) in [5.41, 5.74) is 0.201. The minimum absolute atomic E-state index is 0.153. The molecule has 3 aromatic heterocycles. The van der Waals surface area contributed by atoms with E-state index in [1.807, 2.05) is 0 Å². The Balaban J connectivity index is 2.05. The van der Waals surface area contributed by atoms with Crippen LogP contribution in [0, 0.1) is 6.92 Å². The average molecular weight is 275 g/mol. The topological polar surface area (TPSA) is 92.2 Å². The van der Waals surface area contributed by atoms with Crippen LogP contribution in [0.2, 0.25) is 0 Å². The fourth-order valence-electron chi connectivity index (χ4n) is 1.69. The third-order valence-electron chi connectivity index (χ3n) is 2.60. The Morgan fingerprint density at radius 2 is 2.37 bits per heavy atom. The van der Waals surface area contributed by atoms with Crippen LogP contribution >= 0.6 is 11.3 Å². The van der Waals surface area contributed by atoms with Crippen LogP contribution in [0.15, 0.2) is 28.6 Å². The van der Waals surface area contributed by atoms with Gasteiger partial charge in [-0.2, -0.15) is 4.52 Å². The van der Waals surface area contributed by atoms with Crippen molar-refractivity contribution in [1.82, 2.24) is 19.6 Å². The van der Waals surface area contributed by atoms with E-state index < -0.39 is 0 Å². The lowest BCUT2D eigenvalue weighted by Crippen LogP contribution is -2.24. The van der Waals surface area contributed by atoms with Crippen LogP contribution < -0.4 is 10.9 Å². The van der Waals surface area contributed by atoms with Crippen LogP contribution in [0.5, 0.6) is 0 Å². The number of fused-ring (bicyclic) bond motifs is 1. The lowest BCUT2D eigenvalue weighted by Gasteiger charge is -2.05. The number of aryl methyl sites for hydroxylation is 1. The fraction of sp³-hybridized carbons (Fsp3) is 0.0909. The van der Waals surface area contributed by atoms with Gasteiger partial charge in [-0.05, 0) is 18.4 Å². The number of amides is 1. The van der Waals surface area contributed by atoms with Crippen molar-refractivity contribution in [2.75, 3.05) is 5.32 Å². The first-order chi connectivity index (χ1) is 9.16. The Bertz CT molecular complexity index is 802. The number of anilines is 1. The first-order valence-corrected chi connectivity index (χ1v) is 6.32. The molecule has 0 fully saturated rings. The normalized spacial score (nSPS) is 10.8. The number of rotatable bonds is 2. The molecular formula is C11H9N5O2S. The molecule has 0 unspecified atom stereocenters. The molecule has 0 radical (unpaired) electrons. The number of thiophene rings is 1. The molecule has 7 nitrogen and oxygen atoms in total. The number of nitrogens with zero attached hydrogens (tertiary/aromatic N) is 3. The van der Waals surface area contributed by atoms with E-state index in [0.717, 1.165) is 0 Å². The smallest absolute Gasteiger partial charge is 0.298 e. The summed E-state index contributed by atoms with van der Waals surface area (Å²) < 4.78 is 1.18. The van der Waals surface area contributed by atoms with Crippen LogP contribution in [0.3, 0.4) is 0 Å². The van der Waals surface area contributed by atoms with Gasteiger partial charge in [0.05, 0.1) is 10.6 Å². The zero-order valence-corrected chi connectivity index (χ0v) is 10.7. The molecule has 0 spiro atoms. The first-order valence-electron chi connectivity index (χ1n) is 5.44. The SMILES string of the molecule is Cc1nc2nc[nH]n2c(=O)c1NC(=O)c1cccs1. The van der Waals surface area contributed by atoms with Gasteiger partial charge in [0.1, 0.15) is 12.0 Å². The molecule has 0 aliphatic rings. The molecule has 3 aromatic rings. The van der Waals surface area contributed by atoms with Crippen molar-refractivity contribution in [3.63, 3.8) is 0 Å². The van der Waals surface area contributed by atoms with E-state index in [2.05, 4.69) is 20.4 Å². The Hall–Kier alpha value is -2.48. The lowest BCUT2D eigenvalue weighted by atomic mass is 10.3. The van der Waals surface area contributed by atoms with Gasteiger partial charge >= 0.3 is 0 Å². The molecule has 0 aromatic carbocycles. The van der Waals surface area contributed by atoms with Crippen molar-refractivity contribution in [2.24, 2.45) is 0 Å². The summed E-state index contributed by atoms with van der Waals surface area (Å²) in [6.45, 7) is 1.65. The van der Waals surface area contributed by atoms with Gasteiger partial charge in [-0.1, -0.05) is 6.07 Å². The average Bonchev–Trinajstić information content (AvgIpc) is 3.04. The molecule has 2 N–H and O–H groups in total. The highest BCUT2D eigenvalue weighted by Gasteiger charge is 2.15. The quantitative estimate of drug-likeness (QED) is 0.731. The van der Waals surface area contributed by atoms with Crippen molar-refractivity contribution >= 4 is 28.7 Å². The van der Waals surface area contributed by atoms with Gasteiger partial charge in [0, 0.05) is 0 Å². The molecule has 0 saturated carbocycles. The van der Waals surface area contributed by atoms with Gasteiger partial charge in [0.15, 0.2) is 0 Å². The monoisotopic (exact) mass is 275 g/mol. The summed E-state index contributed by atoms with van der Waals surface area (Å²) in [5, 5.41) is 7.03. The molecule has 96 valence electrons. The number of nitrogens with one attached hydrogen (secondary N) is 2. The van der Waals surface area contributed by atoms with E-state index in [1.165, 1.54) is 22.2 Å². The molecule has 3 rings (SSSR count). The molecule has 19 heavy (non-hydrogen) atoms. The number of hydrogen-bond donors (Lipinski definition) is 2. The highest BCUT2D eigenvalue weighted by atomic mass is 32.1. The predicted octanol–water partition coefficient (Wildman–Crippen LogP) is 1.04. The minimum Gasteiger partial charge on any atom is -0.315 e. The van der Waals surface area contributed by atoms with Crippen LogP contribution in [0.25, 0.3) is 5.78 Å². The molecule has 3 heterocycles. The minimum atomic E-state index is -0.384. The zero-order chi connectivity index (χ0) is 13.4. The van der Waals surface area contributed by atoms with Crippen LogP contribution in [-0.2, 0) is 0 Å². The summed E-state index contributed by atoms with van der Waals surface area (Å²) in [5.74, 6) is -0.0481. The number of aromatic nitrogens is 4. The van der Waals surface area contributed by atoms with Crippen LogP contribution in [0.4, 0.5) is 5.69 Å². The number of H-pyrrole nitrogens is 1. The summed E-state index contributed by atoms with van der Waals surface area (Å²) in [6, 6.07) is 3.46. The molecule has 0 bridgehead atoms. The van der Waals surface area contributed by atoms with Gasteiger partial charge in [0.2, 0.25) is 0 Å². The maximum Gasteiger partial charge on any atom is 0.298 e. The van der Waals surface area contributed by atoms with Crippen molar-refractivity contribution in [2.45, 2.75) is 6.92 Å². The highest BCUT2D eigenvalue weighted by molar-refractivity contribution is 7.12. The van der Waals surface area contributed by atoms with Crippen molar-refractivity contribution in [3.05, 3.63) is 44.8 Å². The van der Waals surface area contributed by atoms with Gasteiger partial charge in [-0.3, -0.25) is 14.7 Å². The van der Waals surface area contributed by atoms with E-state index in [1.54, 1.807) is 24.4 Å². The Kier molecular flexibility index (Phi) is 2.64. The lowest BCUT2D eigenvalue weighted by molar-refractivity contribution is 0.103. The van der Waals surface area contributed by atoms with E-state index in [-0.39, 0.29) is 22.9 Å². The third kappa shape index (κ3) is 1.91. The van der Waals surface area contributed by atoms with Crippen LogP contribution in [0.1, 0.15) is 15.4 Å². The zero-order valence-electron chi connectivity index (χ0n) is 9.88. The highest BCUT2D eigenvalue weighted by Crippen LogP contribution is 2.12. The summed E-state index contributed by atoms with van der Waals surface area (Å²) in [7, 11) is 0. The van der Waals surface area contributed by atoms with Crippen molar-refractivity contribution in [1.29, 1.82) is 0 Å². The van der Waals surface area contributed by atoms with Crippen molar-refractivity contribution < 1.29 is 4.79 Å². The molecular weight excluding hydrogens is 266 g/mol. The third-order valence-corrected chi connectivity index (χ3v) is 3.47.